The minimum Gasteiger partial charge on any atom is -0.481 e. The van der Waals surface area contributed by atoms with Gasteiger partial charge in [0.25, 0.3) is 0 Å². The van der Waals surface area contributed by atoms with Crippen LogP contribution in [0.2, 0.25) is 0 Å². The van der Waals surface area contributed by atoms with Gasteiger partial charge in [-0.3, -0.25) is 52.7 Å². The highest BCUT2D eigenvalue weighted by Crippen LogP contribution is 2.24. The third-order valence-electron chi connectivity index (χ3n) is 13.9. The molecule has 0 spiro atoms. The molecule has 4 saturated heterocycles. The van der Waals surface area contributed by atoms with Gasteiger partial charge in [-0.15, -0.1) is 0 Å². The molecule has 0 bridgehead atoms. The monoisotopic (exact) mass is 1040 g/mol. The highest BCUT2D eigenvalue weighted by molar-refractivity contribution is 5.99. The summed E-state index contributed by atoms with van der Waals surface area (Å²) >= 11 is 0. The van der Waals surface area contributed by atoms with Crippen LogP contribution in [0.1, 0.15) is 116 Å². The number of benzene rings is 1. The molecule has 24 nitrogen and oxygen atoms in total. The van der Waals surface area contributed by atoms with Gasteiger partial charge in [0.05, 0.1) is 12.1 Å². The van der Waals surface area contributed by atoms with Crippen molar-refractivity contribution in [2.45, 2.75) is 171 Å². The van der Waals surface area contributed by atoms with E-state index in [0.29, 0.717) is 51.5 Å². The normalized spacial score (nSPS) is 21.4. The van der Waals surface area contributed by atoms with E-state index in [1.54, 1.807) is 30.3 Å². The first-order valence-corrected chi connectivity index (χ1v) is 25.7. The van der Waals surface area contributed by atoms with Crippen molar-refractivity contribution in [3.05, 3.63) is 35.9 Å². The number of carbonyl (C=O) groups is 12. The van der Waals surface area contributed by atoms with Crippen LogP contribution in [0, 0.1) is 5.92 Å². The molecule has 74 heavy (non-hydrogen) atoms. The molecule has 4 aliphatic rings. The average molecular weight is 1040 g/mol. The lowest BCUT2D eigenvalue weighted by atomic mass is 10.0. The van der Waals surface area contributed by atoms with E-state index in [1.807, 2.05) is 13.8 Å². The summed E-state index contributed by atoms with van der Waals surface area (Å²) in [5.74, 6) is -8.54. The maximum atomic E-state index is 14.4. The molecule has 1 aromatic carbocycles. The lowest BCUT2D eigenvalue weighted by Gasteiger charge is -2.32. The molecule has 4 fully saturated rings. The maximum absolute atomic E-state index is 14.4. The SMILES string of the molecule is CC(C)C[C@H](NC(=O)[C@@H]1CCCN1)C(=O)N[C@@H](CCC(N)=O)C(=O)N1CCC[C@H]1C(=O)N[C@@H](CCC(=O)O)C(=O)N[C@@H](CCC(N)=O)C(=O)N1CCC[C@H]1C(=O)N[C@@H](Cc1ccccc1)C(=O)N1CCC[C@H]1C=O. The van der Waals surface area contributed by atoms with Crippen LogP contribution in [-0.4, -0.2) is 172 Å². The summed E-state index contributed by atoms with van der Waals surface area (Å²) in [7, 11) is 0. The van der Waals surface area contributed by atoms with E-state index in [4.69, 9.17) is 11.5 Å². The van der Waals surface area contributed by atoms with Crippen molar-refractivity contribution in [1.29, 1.82) is 0 Å². The Morgan fingerprint density at radius 3 is 1.59 bits per heavy atom. The molecule has 10 amide bonds. The number of hydrogen-bond donors (Lipinski definition) is 9. The Morgan fingerprint density at radius 2 is 1.09 bits per heavy atom. The molecule has 4 aliphatic heterocycles. The maximum Gasteiger partial charge on any atom is 0.303 e. The standard InChI is InChI=1S/C50H73N11O13/c1-29(2)26-36(57-43(67)32-13-6-22-53-32)45(69)56-35(17-20-41(52)64)49(73)60-24-8-14-38(60)46(70)54-33(18-21-42(65)66)44(68)55-34(16-19-40(51)63)48(72)61-25-9-15-39(61)47(71)58-37(27-30-10-4-3-5-11-30)50(74)59-23-7-12-31(59)28-62/h3-5,10-11,28-29,31-39,53H,6-9,12-27H2,1-2H3,(H2,51,63)(H2,52,64)(H,54,70)(H,55,68)(H,56,69)(H,57,67)(H,58,71)(H,65,66)/t31-,32-,33-,34-,35-,36-,37-,38-,39-/m0/s1. The van der Waals surface area contributed by atoms with Crippen LogP contribution in [0.25, 0.3) is 0 Å². The Balaban J connectivity index is 1.31. The fourth-order valence-corrected chi connectivity index (χ4v) is 10.1. The van der Waals surface area contributed by atoms with Crippen LogP contribution in [0.3, 0.4) is 0 Å². The molecule has 4 heterocycles. The highest BCUT2D eigenvalue weighted by Gasteiger charge is 2.43. The topological polar surface area (TPSA) is 359 Å². The van der Waals surface area contributed by atoms with E-state index in [-0.39, 0.29) is 69.9 Å². The second-order valence-corrected chi connectivity index (χ2v) is 20.0. The number of likely N-dealkylation sites (tertiary alicyclic amines) is 3. The van der Waals surface area contributed by atoms with E-state index < -0.39 is 133 Å². The predicted octanol–water partition coefficient (Wildman–Crippen LogP) is -1.98. The molecular formula is C50H73N11O13. The Labute approximate surface area is 429 Å². The number of carboxylic acids is 1. The van der Waals surface area contributed by atoms with Gasteiger partial charge >= 0.3 is 5.97 Å². The molecule has 1 aromatic rings. The van der Waals surface area contributed by atoms with Crippen LogP contribution in [0.15, 0.2) is 30.3 Å². The highest BCUT2D eigenvalue weighted by atomic mass is 16.4. The summed E-state index contributed by atoms with van der Waals surface area (Å²) in [6, 6.07) is -1.20. The van der Waals surface area contributed by atoms with Crippen molar-refractivity contribution in [2.24, 2.45) is 17.4 Å². The summed E-state index contributed by atoms with van der Waals surface area (Å²) in [5, 5.41) is 26.1. The van der Waals surface area contributed by atoms with E-state index in [9.17, 15) is 62.6 Å². The predicted molar refractivity (Wildman–Crippen MR) is 264 cm³/mol. The zero-order valence-electron chi connectivity index (χ0n) is 42.2. The quantitative estimate of drug-likeness (QED) is 0.0432. The van der Waals surface area contributed by atoms with Gasteiger partial charge in [-0.1, -0.05) is 44.2 Å². The number of carboxylic acid groups (broad SMARTS) is 1. The van der Waals surface area contributed by atoms with Crippen molar-refractivity contribution in [3.63, 3.8) is 0 Å². The number of nitrogens with zero attached hydrogens (tertiary/aromatic N) is 3. The molecule has 406 valence electrons. The first kappa shape index (κ1) is 57.9. The Bertz CT molecular complexity index is 2220. The second kappa shape index (κ2) is 27.9. The first-order chi connectivity index (χ1) is 35.3. The van der Waals surface area contributed by atoms with Gasteiger partial charge in [0.1, 0.15) is 48.6 Å². The van der Waals surface area contributed by atoms with Crippen molar-refractivity contribution in [1.82, 2.24) is 46.6 Å². The van der Waals surface area contributed by atoms with E-state index in [0.717, 1.165) is 12.0 Å². The number of hydrogen-bond acceptors (Lipinski definition) is 13. The van der Waals surface area contributed by atoms with Crippen LogP contribution in [0.4, 0.5) is 0 Å². The molecule has 0 radical (unpaired) electrons. The smallest absolute Gasteiger partial charge is 0.303 e. The third kappa shape index (κ3) is 16.5. The number of amides is 10. The zero-order chi connectivity index (χ0) is 54.1. The summed E-state index contributed by atoms with van der Waals surface area (Å²) < 4.78 is 0. The third-order valence-corrected chi connectivity index (χ3v) is 13.9. The lowest BCUT2D eigenvalue weighted by Crippen LogP contribution is -2.60. The minimum atomic E-state index is -1.61. The summed E-state index contributed by atoms with van der Waals surface area (Å²) in [6.07, 6.45) is 1.98. The first-order valence-electron chi connectivity index (χ1n) is 25.7. The number of rotatable bonds is 27. The van der Waals surface area contributed by atoms with Crippen LogP contribution in [-0.2, 0) is 64.0 Å². The van der Waals surface area contributed by atoms with Crippen LogP contribution >= 0.6 is 0 Å². The molecule has 0 unspecified atom stereocenters. The van der Waals surface area contributed by atoms with E-state index in [2.05, 4.69) is 31.9 Å². The molecule has 0 aromatic heterocycles. The molecule has 24 heteroatoms. The number of nitrogens with two attached hydrogens (primary N) is 2. The summed E-state index contributed by atoms with van der Waals surface area (Å²) in [6.45, 7) is 4.75. The van der Waals surface area contributed by atoms with Crippen molar-refractivity contribution in [2.75, 3.05) is 26.2 Å². The fourth-order valence-electron chi connectivity index (χ4n) is 10.1. The zero-order valence-corrected chi connectivity index (χ0v) is 42.2. The van der Waals surface area contributed by atoms with E-state index >= 15 is 0 Å². The van der Waals surface area contributed by atoms with Crippen LogP contribution < -0.4 is 43.4 Å². The Morgan fingerprint density at radius 1 is 0.608 bits per heavy atom. The van der Waals surface area contributed by atoms with Gasteiger partial charge < -0.3 is 68.0 Å². The molecule has 0 saturated carbocycles. The summed E-state index contributed by atoms with van der Waals surface area (Å²) in [5.41, 5.74) is 11.7. The van der Waals surface area contributed by atoms with Gasteiger partial charge in [-0.2, -0.15) is 0 Å². The lowest BCUT2D eigenvalue weighted by molar-refractivity contribution is -0.144. The number of aldehydes is 1. The van der Waals surface area contributed by atoms with E-state index in [1.165, 1.54) is 14.7 Å². The Kier molecular flexibility index (Phi) is 21.8. The largest absolute Gasteiger partial charge is 0.481 e. The van der Waals surface area contributed by atoms with Crippen molar-refractivity contribution >= 4 is 71.3 Å². The van der Waals surface area contributed by atoms with Gasteiger partial charge in [-0.05, 0) is 95.1 Å². The number of carbonyl (C=O) groups excluding carboxylic acids is 11. The molecule has 5 rings (SSSR count). The molecule has 9 atom stereocenters. The molecule has 0 aliphatic carbocycles. The molecule has 11 N–H and O–H groups in total. The number of nitrogens with one attached hydrogen (secondary N) is 6. The van der Waals surface area contributed by atoms with Crippen molar-refractivity contribution in [3.8, 4) is 0 Å². The van der Waals surface area contributed by atoms with Gasteiger partial charge in [-0.25, -0.2) is 0 Å². The minimum absolute atomic E-state index is 0.0261. The van der Waals surface area contributed by atoms with Crippen LogP contribution in [0.5, 0.6) is 0 Å². The fraction of sp³-hybridized carbons (Fsp3) is 0.640. The second-order valence-electron chi connectivity index (χ2n) is 20.0. The van der Waals surface area contributed by atoms with Gasteiger partial charge in [0.15, 0.2) is 0 Å². The molecular weight excluding hydrogens is 963 g/mol. The summed E-state index contributed by atoms with van der Waals surface area (Å²) in [4.78, 5) is 164. The number of aliphatic carboxylic acids is 1. The van der Waals surface area contributed by atoms with Gasteiger partial charge in [0, 0.05) is 45.3 Å². The number of primary amides is 2. The van der Waals surface area contributed by atoms with Crippen molar-refractivity contribution < 1.29 is 62.6 Å². The Hall–Kier alpha value is -6.98. The van der Waals surface area contributed by atoms with Gasteiger partial charge in [0.2, 0.25) is 59.1 Å². The average Bonchev–Trinajstić information content (AvgIpc) is 4.22.